The maximum atomic E-state index is 13.0. The Morgan fingerprint density at radius 2 is 1.83 bits per heavy atom. The average molecular weight is 344 g/mol. The molecule has 124 valence electrons. The van der Waals surface area contributed by atoms with E-state index in [2.05, 4.69) is 4.98 Å². The lowest BCUT2D eigenvalue weighted by atomic mass is 10.2. The van der Waals surface area contributed by atoms with Crippen molar-refractivity contribution in [2.75, 3.05) is 0 Å². The minimum Gasteiger partial charge on any atom is -0.481 e. The second kappa shape index (κ2) is 5.76. The molecule has 1 aromatic carbocycles. The molecular formula is C17H16N2O4S. The van der Waals surface area contributed by atoms with E-state index in [1.807, 2.05) is 13.0 Å². The van der Waals surface area contributed by atoms with Crippen molar-refractivity contribution >= 4 is 27.0 Å². The number of carboxylic acids is 1. The number of aliphatic carboxylic acids is 1. The van der Waals surface area contributed by atoms with Crippen LogP contribution in [-0.2, 0) is 21.2 Å². The van der Waals surface area contributed by atoms with Crippen LogP contribution in [0.5, 0.6) is 0 Å². The molecule has 7 heteroatoms. The number of carboxylic acid groups (broad SMARTS) is 1. The number of benzene rings is 1. The summed E-state index contributed by atoms with van der Waals surface area (Å²) in [6.07, 6.45) is -0.402. The van der Waals surface area contributed by atoms with Crippen LogP contribution in [0.15, 0.2) is 47.4 Å². The van der Waals surface area contributed by atoms with Crippen LogP contribution in [0, 0.1) is 13.8 Å². The first kappa shape index (κ1) is 16.2. The van der Waals surface area contributed by atoms with Gasteiger partial charge < -0.3 is 5.11 Å². The zero-order valence-corrected chi connectivity index (χ0v) is 14.0. The number of rotatable bonds is 4. The van der Waals surface area contributed by atoms with E-state index in [0.29, 0.717) is 11.1 Å². The van der Waals surface area contributed by atoms with Crippen LogP contribution in [0.2, 0.25) is 0 Å². The third-order valence-corrected chi connectivity index (χ3v) is 5.62. The van der Waals surface area contributed by atoms with Crippen molar-refractivity contribution in [2.45, 2.75) is 25.2 Å². The Labute approximate surface area is 139 Å². The highest BCUT2D eigenvalue weighted by atomic mass is 32.2. The van der Waals surface area contributed by atoms with Gasteiger partial charge in [0.25, 0.3) is 10.0 Å². The molecule has 0 aliphatic carbocycles. The topological polar surface area (TPSA) is 89.3 Å². The number of nitrogens with zero attached hydrogens (tertiary/aromatic N) is 2. The molecule has 0 spiro atoms. The highest BCUT2D eigenvalue weighted by molar-refractivity contribution is 7.90. The predicted molar refractivity (Wildman–Crippen MR) is 89.6 cm³/mol. The molecule has 0 aliphatic rings. The second-order valence-corrected chi connectivity index (χ2v) is 7.38. The Morgan fingerprint density at radius 1 is 1.17 bits per heavy atom. The van der Waals surface area contributed by atoms with E-state index < -0.39 is 22.4 Å². The monoisotopic (exact) mass is 344 g/mol. The fourth-order valence-electron chi connectivity index (χ4n) is 2.60. The van der Waals surface area contributed by atoms with Crippen molar-refractivity contribution in [2.24, 2.45) is 0 Å². The highest BCUT2D eigenvalue weighted by Crippen LogP contribution is 2.26. The zero-order valence-electron chi connectivity index (χ0n) is 13.2. The average Bonchev–Trinajstić information content (AvgIpc) is 2.85. The molecule has 0 amide bonds. The number of aromatic nitrogens is 2. The molecule has 3 aromatic rings. The van der Waals surface area contributed by atoms with Gasteiger partial charge in [-0.05, 0) is 43.7 Å². The molecule has 24 heavy (non-hydrogen) atoms. The molecular weight excluding hydrogens is 328 g/mol. The summed E-state index contributed by atoms with van der Waals surface area (Å²) in [6.45, 7) is 3.67. The van der Waals surface area contributed by atoms with Gasteiger partial charge in [-0.1, -0.05) is 18.2 Å². The van der Waals surface area contributed by atoms with Crippen LogP contribution in [0.1, 0.15) is 17.0 Å². The Bertz CT molecular complexity index is 1040. The lowest BCUT2D eigenvalue weighted by molar-refractivity contribution is -0.136. The molecule has 0 bridgehead atoms. The summed E-state index contributed by atoms with van der Waals surface area (Å²) in [5, 5.41) is 9.74. The first-order valence-corrected chi connectivity index (χ1v) is 8.75. The summed E-state index contributed by atoms with van der Waals surface area (Å²) < 4.78 is 27.1. The summed E-state index contributed by atoms with van der Waals surface area (Å²) in [7, 11) is -3.94. The summed E-state index contributed by atoms with van der Waals surface area (Å²) in [5.41, 5.74) is 2.04. The molecule has 1 N–H and O–H groups in total. The number of pyridine rings is 1. The fourth-order valence-corrected chi connectivity index (χ4v) is 4.11. The van der Waals surface area contributed by atoms with Crippen molar-refractivity contribution in [3.63, 3.8) is 0 Å². The largest absolute Gasteiger partial charge is 0.481 e. The normalized spacial score (nSPS) is 11.8. The minimum absolute atomic E-state index is 0.0918. The number of hydrogen-bond donors (Lipinski definition) is 1. The van der Waals surface area contributed by atoms with Gasteiger partial charge in [-0.15, -0.1) is 0 Å². The van der Waals surface area contributed by atoms with Gasteiger partial charge in [-0.3, -0.25) is 4.79 Å². The number of aryl methyl sites for hydroxylation is 2. The quantitative estimate of drug-likeness (QED) is 0.785. The van der Waals surface area contributed by atoms with Crippen LogP contribution in [-0.4, -0.2) is 28.5 Å². The van der Waals surface area contributed by atoms with Crippen LogP contribution in [0.25, 0.3) is 11.0 Å². The summed E-state index contributed by atoms with van der Waals surface area (Å²) in [5.74, 6) is -1.10. The smallest absolute Gasteiger partial charge is 0.309 e. The molecule has 0 radical (unpaired) electrons. The molecule has 0 saturated heterocycles. The molecule has 2 aromatic heterocycles. The van der Waals surface area contributed by atoms with E-state index in [1.54, 1.807) is 31.2 Å². The van der Waals surface area contributed by atoms with Crippen LogP contribution < -0.4 is 0 Å². The Hall–Kier alpha value is -2.67. The van der Waals surface area contributed by atoms with Crippen LogP contribution >= 0.6 is 0 Å². The molecule has 0 saturated carbocycles. The van der Waals surface area contributed by atoms with Gasteiger partial charge in [0.2, 0.25) is 0 Å². The summed E-state index contributed by atoms with van der Waals surface area (Å²) in [4.78, 5) is 15.6. The lowest BCUT2D eigenvalue weighted by Gasteiger charge is -2.11. The third-order valence-electron chi connectivity index (χ3n) is 3.86. The molecule has 0 aliphatic heterocycles. The van der Waals surface area contributed by atoms with Crippen molar-refractivity contribution < 1.29 is 18.3 Å². The van der Waals surface area contributed by atoms with Gasteiger partial charge >= 0.3 is 5.97 Å². The fraction of sp³-hybridized carbons (Fsp3) is 0.176. The first-order chi connectivity index (χ1) is 11.3. The third kappa shape index (κ3) is 2.67. The van der Waals surface area contributed by atoms with Crippen molar-refractivity contribution in [3.8, 4) is 0 Å². The zero-order chi connectivity index (χ0) is 17.5. The van der Waals surface area contributed by atoms with Crippen LogP contribution in [0.4, 0.5) is 0 Å². The Kier molecular flexibility index (Phi) is 3.88. The summed E-state index contributed by atoms with van der Waals surface area (Å²) in [6, 6.07) is 11.3. The predicted octanol–water partition coefficient (Wildman–Crippen LogP) is 2.52. The van der Waals surface area contributed by atoms with Gasteiger partial charge in [0.05, 0.1) is 11.3 Å². The Balaban J connectivity index is 2.36. The lowest BCUT2D eigenvalue weighted by Crippen LogP contribution is -2.18. The van der Waals surface area contributed by atoms with Crippen molar-refractivity contribution in [3.05, 3.63) is 59.4 Å². The van der Waals surface area contributed by atoms with E-state index in [0.717, 1.165) is 9.54 Å². The molecule has 3 rings (SSSR count). The van der Waals surface area contributed by atoms with E-state index >= 15 is 0 Å². The number of carbonyl (C=O) groups is 1. The molecule has 0 fully saturated rings. The molecule has 0 unspecified atom stereocenters. The highest BCUT2D eigenvalue weighted by Gasteiger charge is 2.25. The van der Waals surface area contributed by atoms with Gasteiger partial charge in [0, 0.05) is 16.8 Å². The summed E-state index contributed by atoms with van der Waals surface area (Å²) >= 11 is 0. The van der Waals surface area contributed by atoms with Gasteiger partial charge in [0.1, 0.15) is 0 Å². The standard InChI is InChI=1S/C17H16N2O4S/c1-11-8-13-9-14(10-16(20)21)19(17(13)18-12(11)2)24(22,23)15-6-4-3-5-7-15/h3-9H,10H2,1-2H3,(H,20,21). The maximum Gasteiger partial charge on any atom is 0.309 e. The second-order valence-electron chi connectivity index (χ2n) is 5.59. The SMILES string of the molecule is Cc1cc2cc(CC(=O)O)n(S(=O)(=O)c3ccccc3)c2nc1C. The van der Waals surface area contributed by atoms with Crippen molar-refractivity contribution in [1.29, 1.82) is 0 Å². The number of fused-ring (bicyclic) bond motifs is 1. The number of hydrogen-bond acceptors (Lipinski definition) is 4. The van der Waals surface area contributed by atoms with E-state index in [1.165, 1.54) is 12.1 Å². The van der Waals surface area contributed by atoms with E-state index in [-0.39, 0.29) is 16.2 Å². The maximum absolute atomic E-state index is 13.0. The van der Waals surface area contributed by atoms with Gasteiger partial charge in [-0.2, -0.15) is 0 Å². The molecule has 6 nitrogen and oxygen atoms in total. The Morgan fingerprint density at radius 3 is 2.46 bits per heavy atom. The minimum atomic E-state index is -3.94. The van der Waals surface area contributed by atoms with E-state index in [4.69, 9.17) is 5.11 Å². The van der Waals surface area contributed by atoms with Crippen LogP contribution in [0.3, 0.4) is 0 Å². The van der Waals surface area contributed by atoms with Crippen molar-refractivity contribution in [1.82, 2.24) is 8.96 Å². The van der Waals surface area contributed by atoms with Gasteiger partial charge in [0.15, 0.2) is 5.65 Å². The van der Waals surface area contributed by atoms with E-state index in [9.17, 15) is 13.2 Å². The first-order valence-electron chi connectivity index (χ1n) is 7.31. The molecule has 2 heterocycles. The van der Waals surface area contributed by atoms with Gasteiger partial charge in [-0.25, -0.2) is 17.4 Å². The molecule has 0 atom stereocenters.